The first-order valence-corrected chi connectivity index (χ1v) is 5.78. The van der Waals surface area contributed by atoms with E-state index in [1.165, 1.54) is 12.5 Å². The molecule has 1 aliphatic rings. The van der Waals surface area contributed by atoms with Crippen LogP contribution in [0.15, 0.2) is 24.3 Å². The molecule has 1 aromatic carbocycles. The Hall–Kier alpha value is -1.64. The number of carbonyl (C=O) groups is 2. The Balaban J connectivity index is 2.28. The van der Waals surface area contributed by atoms with Crippen molar-refractivity contribution in [2.24, 2.45) is 5.41 Å². The third-order valence-corrected chi connectivity index (χ3v) is 3.45. The van der Waals surface area contributed by atoms with Gasteiger partial charge in [-0.15, -0.1) is 0 Å². The van der Waals surface area contributed by atoms with Crippen LogP contribution in [0.3, 0.4) is 0 Å². The number of ketones is 1. The first-order valence-electron chi connectivity index (χ1n) is 5.78. The van der Waals surface area contributed by atoms with Gasteiger partial charge in [-0.3, -0.25) is 9.59 Å². The van der Waals surface area contributed by atoms with Crippen molar-refractivity contribution in [1.82, 2.24) is 0 Å². The molecule has 0 aliphatic carbocycles. The molecule has 1 fully saturated rings. The largest absolute Gasteiger partial charge is 0.465 e. The third kappa shape index (κ3) is 2.09. The van der Waals surface area contributed by atoms with Crippen LogP contribution in [0.2, 0.25) is 0 Å². The molecule has 1 aliphatic heterocycles. The topological polar surface area (TPSA) is 43.4 Å². The van der Waals surface area contributed by atoms with E-state index in [4.69, 9.17) is 4.74 Å². The molecule has 1 aromatic rings. The normalized spacial score (nSPS) is 23.5. The molecule has 1 saturated heterocycles. The Labute approximate surface area is 101 Å². The zero-order valence-corrected chi connectivity index (χ0v) is 10.2. The summed E-state index contributed by atoms with van der Waals surface area (Å²) in [5, 5.41) is 0. The quantitative estimate of drug-likeness (QED) is 0.592. The fourth-order valence-corrected chi connectivity index (χ4v) is 2.22. The van der Waals surface area contributed by atoms with Gasteiger partial charge in [0.05, 0.1) is 6.61 Å². The second-order valence-electron chi connectivity index (χ2n) is 4.69. The Morgan fingerprint density at radius 2 is 2.00 bits per heavy atom. The lowest BCUT2D eigenvalue weighted by Crippen LogP contribution is -2.36. The number of ether oxygens (including phenoxy) is 1. The molecule has 0 bridgehead atoms. The molecule has 0 N–H and O–H groups in total. The highest BCUT2D eigenvalue weighted by atomic mass is 16.5. The number of cyclic esters (lactones) is 1. The molecule has 0 saturated carbocycles. The molecule has 90 valence electrons. The van der Waals surface area contributed by atoms with Crippen LogP contribution in [-0.4, -0.2) is 18.4 Å². The van der Waals surface area contributed by atoms with Crippen molar-refractivity contribution in [2.45, 2.75) is 26.7 Å². The molecular formula is C14H16O3. The van der Waals surface area contributed by atoms with Gasteiger partial charge in [0.1, 0.15) is 11.2 Å². The minimum absolute atomic E-state index is 0.0967. The summed E-state index contributed by atoms with van der Waals surface area (Å²) in [7, 11) is 0. The summed E-state index contributed by atoms with van der Waals surface area (Å²) < 4.78 is 4.97. The van der Waals surface area contributed by atoms with Gasteiger partial charge >= 0.3 is 5.97 Å². The van der Waals surface area contributed by atoms with Crippen molar-refractivity contribution in [3.8, 4) is 0 Å². The summed E-state index contributed by atoms with van der Waals surface area (Å²) in [6.45, 7) is 3.83. The van der Waals surface area contributed by atoms with Gasteiger partial charge in [0.25, 0.3) is 0 Å². The zero-order chi connectivity index (χ0) is 12.5. The van der Waals surface area contributed by atoms with Crippen LogP contribution in [0.25, 0.3) is 0 Å². The van der Waals surface area contributed by atoms with Gasteiger partial charge < -0.3 is 4.74 Å². The summed E-state index contributed by atoms with van der Waals surface area (Å²) in [6.07, 6.45) is 0.941. The van der Waals surface area contributed by atoms with Crippen molar-refractivity contribution in [1.29, 1.82) is 0 Å². The Kier molecular flexibility index (Phi) is 3.01. The van der Waals surface area contributed by atoms with Crippen LogP contribution in [0, 0.1) is 12.3 Å². The number of aryl methyl sites for hydroxylation is 1. The van der Waals surface area contributed by atoms with E-state index in [1.54, 1.807) is 0 Å². The monoisotopic (exact) mass is 232 g/mol. The van der Waals surface area contributed by atoms with Crippen LogP contribution in [0.4, 0.5) is 0 Å². The van der Waals surface area contributed by atoms with Crippen molar-refractivity contribution >= 4 is 11.8 Å². The molecule has 17 heavy (non-hydrogen) atoms. The Bertz CT molecular complexity index is 447. The standard InChI is InChI=1S/C14H16O3/c1-10-3-5-12(6-4-10)9-14(11(2)15)7-8-17-13(14)16/h3-6H,7-9H2,1-2H3. The molecule has 0 amide bonds. The molecule has 1 heterocycles. The first-order chi connectivity index (χ1) is 8.04. The summed E-state index contributed by atoms with van der Waals surface area (Å²) in [6, 6.07) is 7.91. The second-order valence-corrected chi connectivity index (χ2v) is 4.69. The zero-order valence-electron chi connectivity index (χ0n) is 10.2. The van der Waals surface area contributed by atoms with Crippen LogP contribution in [0.5, 0.6) is 0 Å². The van der Waals surface area contributed by atoms with E-state index < -0.39 is 5.41 Å². The summed E-state index contributed by atoms with van der Waals surface area (Å²) in [5.74, 6) is -0.467. The van der Waals surface area contributed by atoms with E-state index in [-0.39, 0.29) is 11.8 Å². The summed E-state index contributed by atoms with van der Waals surface area (Å²) in [5.41, 5.74) is 1.22. The third-order valence-electron chi connectivity index (χ3n) is 3.45. The minimum atomic E-state index is -0.949. The summed E-state index contributed by atoms with van der Waals surface area (Å²) in [4.78, 5) is 23.5. The average Bonchev–Trinajstić information content (AvgIpc) is 2.65. The van der Waals surface area contributed by atoms with Gasteiger partial charge in [-0.05, 0) is 25.8 Å². The number of benzene rings is 1. The molecule has 1 atom stereocenters. The second kappa shape index (κ2) is 4.32. The number of carbonyl (C=O) groups excluding carboxylic acids is 2. The number of hydrogen-bond acceptors (Lipinski definition) is 3. The Morgan fingerprint density at radius 1 is 1.35 bits per heavy atom. The van der Waals surface area contributed by atoms with Crippen LogP contribution in [0.1, 0.15) is 24.5 Å². The predicted molar refractivity (Wildman–Crippen MR) is 63.6 cm³/mol. The highest BCUT2D eigenvalue weighted by Gasteiger charge is 2.48. The molecule has 0 aromatic heterocycles. The molecule has 0 radical (unpaired) electrons. The van der Waals surface area contributed by atoms with Crippen LogP contribution < -0.4 is 0 Å². The molecule has 2 rings (SSSR count). The van der Waals surface area contributed by atoms with Gasteiger partial charge in [-0.25, -0.2) is 0 Å². The van der Waals surface area contributed by atoms with Crippen molar-refractivity contribution in [3.05, 3.63) is 35.4 Å². The minimum Gasteiger partial charge on any atom is -0.465 e. The molecule has 3 nitrogen and oxygen atoms in total. The van der Waals surface area contributed by atoms with Gasteiger partial charge in [0, 0.05) is 6.42 Å². The molecule has 1 unspecified atom stereocenters. The Morgan fingerprint density at radius 3 is 2.47 bits per heavy atom. The van der Waals surface area contributed by atoms with Crippen molar-refractivity contribution in [3.63, 3.8) is 0 Å². The van der Waals surface area contributed by atoms with E-state index in [0.717, 1.165) is 5.56 Å². The maximum absolute atomic E-state index is 11.8. The van der Waals surface area contributed by atoms with E-state index in [9.17, 15) is 9.59 Å². The number of esters is 1. The van der Waals surface area contributed by atoms with Gasteiger partial charge in [0.15, 0.2) is 0 Å². The van der Waals surface area contributed by atoms with Gasteiger partial charge in [-0.2, -0.15) is 0 Å². The van der Waals surface area contributed by atoms with Gasteiger partial charge in [-0.1, -0.05) is 29.8 Å². The summed E-state index contributed by atoms with van der Waals surface area (Å²) >= 11 is 0. The highest BCUT2D eigenvalue weighted by molar-refractivity contribution is 6.04. The lowest BCUT2D eigenvalue weighted by Gasteiger charge is -2.21. The smallest absolute Gasteiger partial charge is 0.320 e. The lowest BCUT2D eigenvalue weighted by atomic mass is 9.77. The maximum atomic E-state index is 11.8. The average molecular weight is 232 g/mol. The predicted octanol–water partition coefficient (Wildman–Crippen LogP) is 2.06. The van der Waals surface area contributed by atoms with Crippen LogP contribution in [-0.2, 0) is 20.7 Å². The van der Waals surface area contributed by atoms with Crippen molar-refractivity contribution in [2.75, 3.05) is 6.61 Å². The maximum Gasteiger partial charge on any atom is 0.320 e. The molecule has 3 heteroatoms. The highest BCUT2D eigenvalue weighted by Crippen LogP contribution is 2.35. The van der Waals surface area contributed by atoms with E-state index in [2.05, 4.69) is 0 Å². The van der Waals surface area contributed by atoms with E-state index >= 15 is 0 Å². The lowest BCUT2D eigenvalue weighted by molar-refractivity contribution is -0.150. The fourth-order valence-electron chi connectivity index (χ4n) is 2.22. The van der Waals surface area contributed by atoms with E-state index in [0.29, 0.717) is 19.4 Å². The van der Waals surface area contributed by atoms with E-state index in [1.807, 2.05) is 31.2 Å². The van der Waals surface area contributed by atoms with Gasteiger partial charge in [0.2, 0.25) is 0 Å². The van der Waals surface area contributed by atoms with Crippen molar-refractivity contribution < 1.29 is 14.3 Å². The SMILES string of the molecule is CC(=O)C1(Cc2ccc(C)cc2)CCOC1=O. The first kappa shape index (κ1) is 11.8. The number of Topliss-reactive ketones (excluding diaryl/α,β-unsaturated/α-hetero) is 1. The molecule has 0 spiro atoms. The number of rotatable bonds is 3. The fraction of sp³-hybridized carbons (Fsp3) is 0.429. The number of hydrogen-bond donors (Lipinski definition) is 0. The van der Waals surface area contributed by atoms with Crippen LogP contribution >= 0.6 is 0 Å². The molecular weight excluding hydrogens is 216 g/mol.